The quantitative estimate of drug-likeness (QED) is 0.139. The number of hydrogen-bond acceptors (Lipinski definition) is 1. The Balaban J connectivity index is 1.15. The normalized spacial score (nSPS) is 11.4. The van der Waals surface area contributed by atoms with E-state index in [0.29, 0.717) is 0 Å². The topological polar surface area (TPSA) is 8.17 Å². The van der Waals surface area contributed by atoms with Crippen molar-refractivity contribution in [3.05, 3.63) is 255 Å². The van der Waals surface area contributed by atoms with E-state index in [-0.39, 0.29) is 0 Å². The molecular formula is C62H42N2. The van der Waals surface area contributed by atoms with Crippen LogP contribution >= 0.6 is 0 Å². The third-order valence-electron chi connectivity index (χ3n) is 12.8. The van der Waals surface area contributed by atoms with Gasteiger partial charge in [0.1, 0.15) is 0 Å². The zero-order chi connectivity index (χ0) is 42.4. The van der Waals surface area contributed by atoms with E-state index < -0.39 is 0 Å². The molecule has 0 aliphatic rings. The minimum atomic E-state index is 1.09. The molecule has 12 aromatic rings. The van der Waals surface area contributed by atoms with E-state index in [2.05, 4.69) is 264 Å². The van der Waals surface area contributed by atoms with Crippen molar-refractivity contribution in [1.29, 1.82) is 0 Å². The smallest absolute Gasteiger partial charge is 0.0546 e. The lowest BCUT2D eigenvalue weighted by molar-refractivity contribution is 1.18. The summed E-state index contributed by atoms with van der Waals surface area (Å²) in [6.45, 7) is 0. The fraction of sp³-hybridized carbons (Fsp3) is 0. The molecule has 64 heavy (non-hydrogen) atoms. The Labute approximate surface area is 373 Å². The van der Waals surface area contributed by atoms with Gasteiger partial charge in [0.05, 0.1) is 16.7 Å². The van der Waals surface area contributed by atoms with Gasteiger partial charge in [0.25, 0.3) is 0 Å². The van der Waals surface area contributed by atoms with E-state index in [1.54, 1.807) is 0 Å². The zero-order valence-electron chi connectivity index (χ0n) is 35.1. The van der Waals surface area contributed by atoms with Crippen LogP contribution in [0, 0.1) is 0 Å². The lowest BCUT2D eigenvalue weighted by Crippen LogP contribution is -2.11. The highest BCUT2D eigenvalue weighted by atomic mass is 15.1. The molecule has 2 heteroatoms. The number of fused-ring (bicyclic) bond motifs is 5. The molecule has 0 radical (unpaired) electrons. The Morgan fingerprint density at radius 3 is 1.34 bits per heavy atom. The van der Waals surface area contributed by atoms with Crippen LogP contribution in [0.25, 0.3) is 93.5 Å². The average molecular weight is 815 g/mol. The predicted molar refractivity (Wildman–Crippen MR) is 272 cm³/mol. The Morgan fingerprint density at radius 1 is 0.266 bits per heavy atom. The Kier molecular flexibility index (Phi) is 9.20. The highest BCUT2D eigenvalue weighted by Gasteiger charge is 2.24. The first kappa shape index (κ1) is 37.3. The van der Waals surface area contributed by atoms with Crippen molar-refractivity contribution in [3.63, 3.8) is 0 Å². The first-order valence-electron chi connectivity index (χ1n) is 22.0. The Hall–Kier alpha value is -8.46. The van der Waals surface area contributed by atoms with E-state index in [1.807, 2.05) is 0 Å². The lowest BCUT2D eigenvalue weighted by Gasteiger charge is -2.29. The van der Waals surface area contributed by atoms with Crippen LogP contribution in [-0.2, 0) is 0 Å². The number of nitrogens with zero attached hydrogens (tertiary/aromatic N) is 2. The number of para-hydroxylation sites is 3. The molecule has 0 spiro atoms. The summed E-state index contributed by atoms with van der Waals surface area (Å²) in [5.74, 6) is 0. The standard InChI is InChI=1S/C62H42N2/c1-5-18-43(19-6-1)45-32-36-47(37-33-45)60-53-27-13-14-28-54(53)61(48-38-34-46(35-39-48)44-20-7-2-8-21-44)62-55(60)29-17-31-59(62)63(49-22-9-3-10-23-49)51-40-41-58-56(42-51)52-26-15-16-30-57(52)64(58)50-24-11-4-12-25-50/h1-42H. The van der Waals surface area contributed by atoms with Gasteiger partial charge in [0.15, 0.2) is 0 Å². The van der Waals surface area contributed by atoms with Crippen LogP contribution in [0.2, 0.25) is 0 Å². The molecule has 0 atom stereocenters. The summed E-state index contributed by atoms with van der Waals surface area (Å²) in [5, 5.41) is 7.27. The molecular weight excluding hydrogens is 773 g/mol. The summed E-state index contributed by atoms with van der Waals surface area (Å²) in [4.78, 5) is 2.47. The molecule has 0 N–H and O–H groups in total. The highest BCUT2D eigenvalue weighted by molar-refractivity contribution is 6.25. The molecule has 0 fully saturated rings. The molecule has 0 aliphatic carbocycles. The molecule has 0 unspecified atom stereocenters. The molecule has 0 aliphatic heterocycles. The Morgan fingerprint density at radius 2 is 0.719 bits per heavy atom. The zero-order valence-corrected chi connectivity index (χ0v) is 35.1. The maximum atomic E-state index is 2.47. The van der Waals surface area contributed by atoms with Gasteiger partial charge >= 0.3 is 0 Å². The second-order valence-electron chi connectivity index (χ2n) is 16.4. The van der Waals surface area contributed by atoms with Crippen molar-refractivity contribution in [2.45, 2.75) is 0 Å². The highest BCUT2D eigenvalue weighted by Crippen LogP contribution is 2.50. The molecule has 300 valence electrons. The van der Waals surface area contributed by atoms with E-state index >= 15 is 0 Å². The van der Waals surface area contributed by atoms with Crippen LogP contribution in [-0.4, -0.2) is 4.57 Å². The second-order valence-corrected chi connectivity index (χ2v) is 16.4. The van der Waals surface area contributed by atoms with Crippen molar-refractivity contribution >= 4 is 60.4 Å². The van der Waals surface area contributed by atoms with Gasteiger partial charge in [-0.1, -0.05) is 200 Å². The minimum Gasteiger partial charge on any atom is -0.310 e. The summed E-state index contributed by atoms with van der Waals surface area (Å²) in [5.41, 5.74) is 16.4. The third kappa shape index (κ3) is 6.35. The van der Waals surface area contributed by atoms with E-state index in [4.69, 9.17) is 0 Å². The molecule has 0 saturated carbocycles. The molecule has 0 bridgehead atoms. The van der Waals surface area contributed by atoms with Gasteiger partial charge in [0.2, 0.25) is 0 Å². The number of aromatic nitrogens is 1. The van der Waals surface area contributed by atoms with Crippen molar-refractivity contribution in [3.8, 4) is 50.2 Å². The fourth-order valence-corrected chi connectivity index (χ4v) is 9.89. The van der Waals surface area contributed by atoms with E-state index in [9.17, 15) is 0 Å². The largest absolute Gasteiger partial charge is 0.310 e. The van der Waals surface area contributed by atoms with Crippen LogP contribution in [0.1, 0.15) is 0 Å². The van der Waals surface area contributed by atoms with Crippen molar-refractivity contribution in [2.75, 3.05) is 4.90 Å². The lowest BCUT2D eigenvalue weighted by atomic mass is 9.84. The summed E-state index contributed by atoms with van der Waals surface area (Å²) in [6, 6.07) is 92.8. The molecule has 1 aromatic heterocycles. The average Bonchev–Trinajstić information content (AvgIpc) is 3.71. The first-order chi connectivity index (χ1) is 31.8. The van der Waals surface area contributed by atoms with Crippen LogP contribution in [0.3, 0.4) is 0 Å². The Bertz CT molecular complexity index is 3610. The summed E-state index contributed by atoms with van der Waals surface area (Å²) in [6.07, 6.45) is 0. The minimum absolute atomic E-state index is 1.09. The van der Waals surface area contributed by atoms with Gasteiger partial charge < -0.3 is 9.47 Å². The van der Waals surface area contributed by atoms with E-state index in [0.717, 1.165) is 22.7 Å². The summed E-state index contributed by atoms with van der Waals surface area (Å²) in [7, 11) is 0. The van der Waals surface area contributed by atoms with Crippen molar-refractivity contribution in [2.24, 2.45) is 0 Å². The monoisotopic (exact) mass is 814 g/mol. The van der Waals surface area contributed by atoms with Crippen LogP contribution < -0.4 is 4.90 Å². The van der Waals surface area contributed by atoms with E-state index in [1.165, 1.54) is 87.9 Å². The number of anilines is 3. The second kappa shape index (κ2) is 15.8. The van der Waals surface area contributed by atoms with Gasteiger partial charge in [-0.2, -0.15) is 0 Å². The summed E-state index contributed by atoms with van der Waals surface area (Å²) >= 11 is 0. The maximum absolute atomic E-state index is 2.47. The number of hydrogen-bond donors (Lipinski definition) is 0. The molecule has 1 heterocycles. The first-order valence-corrected chi connectivity index (χ1v) is 22.0. The van der Waals surface area contributed by atoms with Gasteiger partial charge in [0, 0.05) is 33.2 Å². The molecule has 0 saturated heterocycles. The van der Waals surface area contributed by atoms with Gasteiger partial charge in [-0.15, -0.1) is 0 Å². The molecule has 12 rings (SSSR count). The third-order valence-corrected chi connectivity index (χ3v) is 12.8. The predicted octanol–water partition coefficient (Wildman–Crippen LogP) is 17.2. The van der Waals surface area contributed by atoms with Crippen molar-refractivity contribution in [1.82, 2.24) is 4.57 Å². The summed E-state index contributed by atoms with van der Waals surface area (Å²) < 4.78 is 2.39. The maximum Gasteiger partial charge on any atom is 0.0546 e. The number of rotatable bonds is 8. The van der Waals surface area contributed by atoms with Crippen LogP contribution in [0.5, 0.6) is 0 Å². The molecule has 0 amide bonds. The van der Waals surface area contributed by atoms with Crippen LogP contribution in [0.15, 0.2) is 255 Å². The molecule has 2 nitrogen and oxygen atoms in total. The van der Waals surface area contributed by atoms with Gasteiger partial charge in [-0.25, -0.2) is 0 Å². The van der Waals surface area contributed by atoms with Crippen LogP contribution in [0.4, 0.5) is 17.1 Å². The van der Waals surface area contributed by atoms with Gasteiger partial charge in [-0.05, 0) is 115 Å². The fourth-order valence-electron chi connectivity index (χ4n) is 9.89. The molecule has 11 aromatic carbocycles. The SMILES string of the molecule is c1ccc(-c2ccc(-c3c4ccccc4c(-c4ccc(-c5ccccc5)cc4)c4c(N(c5ccccc5)c5ccc6c(c5)c5ccccc5n6-c5ccccc5)cccc34)cc2)cc1. The number of benzene rings is 11. The van der Waals surface area contributed by atoms with Crippen molar-refractivity contribution < 1.29 is 0 Å². The van der Waals surface area contributed by atoms with Gasteiger partial charge in [-0.3, -0.25) is 0 Å².